The molecule has 1 aliphatic carbocycles. The Kier molecular flexibility index (Phi) is 6.53. The molecular weight excluding hydrogens is 350 g/mol. The van der Waals surface area contributed by atoms with Crippen LogP contribution in [0.1, 0.15) is 46.7 Å². The van der Waals surface area contributed by atoms with Gasteiger partial charge < -0.3 is 14.7 Å². The van der Waals surface area contributed by atoms with Gasteiger partial charge in [0.1, 0.15) is 5.75 Å². The molecule has 0 spiro atoms. The number of hydrogen-bond donors (Lipinski definition) is 1. The fourth-order valence-electron chi connectivity index (χ4n) is 4.20. The highest BCUT2D eigenvalue weighted by Gasteiger charge is 2.29. The van der Waals surface area contributed by atoms with Gasteiger partial charge >= 0.3 is 5.97 Å². The molecule has 1 fully saturated rings. The van der Waals surface area contributed by atoms with Crippen molar-refractivity contribution in [2.45, 2.75) is 25.2 Å². The fourth-order valence-corrected chi connectivity index (χ4v) is 4.20. The van der Waals surface area contributed by atoms with Gasteiger partial charge in [0.2, 0.25) is 0 Å². The summed E-state index contributed by atoms with van der Waals surface area (Å²) in [5.41, 5.74) is 3.99. The van der Waals surface area contributed by atoms with Crippen LogP contribution in [0, 0.1) is 5.92 Å². The summed E-state index contributed by atoms with van der Waals surface area (Å²) in [6.07, 6.45) is 5.34. The van der Waals surface area contributed by atoms with Crippen LogP contribution in [0.25, 0.3) is 6.08 Å². The number of carboxylic acid groups (broad SMARTS) is 1. The van der Waals surface area contributed by atoms with E-state index in [4.69, 9.17) is 4.74 Å². The van der Waals surface area contributed by atoms with Crippen molar-refractivity contribution < 1.29 is 14.6 Å². The van der Waals surface area contributed by atoms with Crippen LogP contribution in [0.3, 0.4) is 0 Å². The van der Waals surface area contributed by atoms with Gasteiger partial charge in [0, 0.05) is 6.54 Å². The van der Waals surface area contributed by atoms with E-state index in [9.17, 15) is 9.90 Å². The molecule has 0 aromatic heterocycles. The van der Waals surface area contributed by atoms with Gasteiger partial charge in [0.25, 0.3) is 0 Å². The number of ether oxygens (including phenoxy) is 1. The van der Waals surface area contributed by atoms with Crippen molar-refractivity contribution in [3.05, 3.63) is 70.8 Å². The average Bonchev–Trinajstić information content (AvgIpc) is 2.69. The highest BCUT2D eigenvalue weighted by Crippen LogP contribution is 2.42. The molecule has 0 saturated heterocycles. The number of allylic oxidation sites excluding steroid dienone is 1. The molecule has 148 valence electrons. The van der Waals surface area contributed by atoms with Gasteiger partial charge in [-0.2, -0.15) is 0 Å². The van der Waals surface area contributed by atoms with Crippen LogP contribution in [0.15, 0.2) is 54.1 Å². The zero-order valence-corrected chi connectivity index (χ0v) is 16.9. The first kappa shape index (κ1) is 20.2. The Bertz CT molecular complexity index is 856. The lowest BCUT2D eigenvalue weighted by molar-refractivity contribution is 0.0697. The molecule has 0 bridgehead atoms. The van der Waals surface area contributed by atoms with Crippen molar-refractivity contribution in [2.24, 2.45) is 5.92 Å². The Morgan fingerprint density at radius 2 is 2.00 bits per heavy atom. The minimum atomic E-state index is -0.885. The van der Waals surface area contributed by atoms with E-state index >= 15 is 0 Å². The van der Waals surface area contributed by atoms with Crippen LogP contribution in [0.5, 0.6) is 5.75 Å². The number of benzene rings is 2. The first-order valence-electron chi connectivity index (χ1n) is 9.77. The normalized spacial score (nSPS) is 21.1. The van der Waals surface area contributed by atoms with Gasteiger partial charge in [0.15, 0.2) is 0 Å². The van der Waals surface area contributed by atoms with Crippen LogP contribution in [0.4, 0.5) is 0 Å². The Hall–Kier alpha value is -2.59. The van der Waals surface area contributed by atoms with Crippen LogP contribution in [0.2, 0.25) is 0 Å². The minimum absolute atomic E-state index is 0.333. The summed E-state index contributed by atoms with van der Waals surface area (Å²) < 4.78 is 5.44. The molecule has 1 saturated carbocycles. The Labute approximate surface area is 167 Å². The van der Waals surface area contributed by atoms with Gasteiger partial charge in [-0.25, -0.2) is 4.79 Å². The summed E-state index contributed by atoms with van der Waals surface area (Å²) in [7, 11) is 5.97. The molecule has 0 aliphatic heterocycles. The predicted octanol–water partition coefficient (Wildman–Crippen LogP) is 4.92. The van der Waals surface area contributed by atoms with E-state index in [-0.39, 0.29) is 0 Å². The number of carbonyl (C=O) groups is 1. The summed E-state index contributed by atoms with van der Waals surface area (Å²) in [4.78, 5) is 13.5. The monoisotopic (exact) mass is 379 g/mol. The number of carboxylic acids is 1. The van der Waals surface area contributed by atoms with E-state index < -0.39 is 5.97 Å². The lowest BCUT2D eigenvalue weighted by Crippen LogP contribution is -2.29. The smallest absolute Gasteiger partial charge is 0.335 e. The molecule has 1 aliphatic rings. The molecule has 4 heteroatoms. The van der Waals surface area contributed by atoms with Gasteiger partial charge in [-0.3, -0.25) is 0 Å². The Balaban J connectivity index is 1.88. The van der Waals surface area contributed by atoms with E-state index in [0.717, 1.165) is 37.1 Å². The lowest BCUT2D eigenvalue weighted by Gasteiger charge is -2.35. The molecule has 2 aromatic carbocycles. The van der Waals surface area contributed by atoms with Crippen molar-refractivity contribution in [1.29, 1.82) is 0 Å². The van der Waals surface area contributed by atoms with Crippen molar-refractivity contribution in [2.75, 3.05) is 27.7 Å². The van der Waals surface area contributed by atoms with Gasteiger partial charge in [-0.15, -0.1) is 0 Å². The third kappa shape index (κ3) is 5.02. The summed E-state index contributed by atoms with van der Waals surface area (Å²) in [6.45, 7) is 1.06. The van der Waals surface area contributed by atoms with Crippen molar-refractivity contribution in [3.8, 4) is 5.75 Å². The van der Waals surface area contributed by atoms with E-state index in [2.05, 4.69) is 43.3 Å². The van der Waals surface area contributed by atoms with Crippen molar-refractivity contribution in [1.82, 2.24) is 4.90 Å². The zero-order valence-electron chi connectivity index (χ0n) is 16.9. The maximum atomic E-state index is 11.3. The third-order valence-corrected chi connectivity index (χ3v) is 5.51. The maximum Gasteiger partial charge on any atom is 0.335 e. The topological polar surface area (TPSA) is 49.8 Å². The van der Waals surface area contributed by atoms with Crippen LogP contribution in [-0.4, -0.2) is 43.7 Å². The summed E-state index contributed by atoms with van der Waals surface area (Å²) in [5.74, 6) is 1.03. The maximum absolute atomic E-state index is 11.3. The standard InChI is InChI=1S/C24H29NO3/c1-25(2)16-21-11-10-18(12-17-6-4-8-20(13-17)24(26)27)14-23(21)19-7-5-9-22(15-19)28-3/h4-9,12-13,15,21,23H,10-11,14,16H2,1-3H3,(H,26,27)/t21-,23+/m1/s1. The van der Waals surface area contributed by atoms with Crippen LogP contribution in [-0.2, 0) is 0 Å². The first-order valence-corrected chi connectivity index (χ1v) is 9.77. The summed E-state index contributed by atoms with van der Waals surface area (Å²) >= 11 is 0. The van der Waals surface area contributed by atoms with Gasteiger partial charge in [-0.05, 0) is 80.6 Å². The average molecular weight is 380 g/mol. The second-order valence-corrected chi connectivity index (χ2v) is 7.88. The van der Waals surface area contributed by atoms with E-state index in [1.165, 1.54) is 11.1 Å². The lowest BCUT2D eigenvalue weighted by atomic mass is 9.73. The van der Waals surface area contributed by atoms with Crippen molar-refractivity contribution >= 4 is 12.0 Å². The van der Waals surface area contributed by atoms with E-state index in [0.29, 0.717) is 17.4 Å². The Morgan fingerprint density at radius 3 is 2.71 bits per heavy atom. The molecule has 2 atom stereocenters. The van der Waals surface area contributed by atoms with Gasteiger partial charge in [-0.1, -0.05) is 35.9 Å². The third-order valence-electron chi connectivity index (χ3n) is 5.51. The molecule has 0 radical (unpaired) electrons. The molecular formula is C24H29NO3. The predicted molar refractivity (Wildman–Crippen MR) is 113 cm³/mol. The van der Waals surface area contributed by atoms with Crippen molar-refractivity contribution in [3.63, 3.8) is 0 Å². The minimum Gasteiger partial charge on any atom is -0.497 e. The molecule has 0 unspecified atom stereocenters. The molecule has 0 heterocycles. The molecule has 1 N–H and O–H groups in total. The second-order valence-electron chi connectivity index (χ2n) is 7.88. The Morgan fingerprint density at radius 1 is 1.21 bits per heavy atom. The molecule has 3 rings (SSSR count). The first-order chi connectivity index (χ1) is 13.5. The highest BCUT2D eigenvalue weighted by molar-refractivity contribution is 5.88. The largest absolute Gasteiger partial charge is 0.497 e. The van der Waals surface area contributed by atoms with E-state index in [1.54, 1.807) is 19.2 Å². The number of nitrogens with zero attached hydrogens (tertiary/aromatic N) is 1. The number of rotatable bonds is 6. The molecule has 28 heavy (non-hydrogen) atoms. The number of aromatic carboxylic acids is 1. The highest BCUT2D eigenvalue weighted by atomic mass is 16.5. The van der Waals surface area contributed by atoms with Gasteiger partial charge in [0.05, 0.1) is 12.7 Å². The zero-order chi connectivity index (χ0) is 20.1. The fraction of sp³-hybridized carbons (Fsp3) is 0.375. The van der Waals surface area contributed by atoms with E-state index in [1.807, 2.05) is 18.2 Å². The SMILES string of the molecule is COc1cccc([C@@H]2CC(=Cc3cccc(C(=O)O)c3)CC[C@@H]2CN(C)C)c1. The number of hydrogen-bond acceptors (Lipinski definition) is 3. The van der Waals surface area contributed by atoms with Crippen LogP contribution < -0.4 is 4.74 Å². The molecule has 0 amide bonds. The number of methoxy groups -OCH3 is 1. The second kappa shape index (κ2) is 9.07. The quantitative estimate of drug-likeness (QED) is 0.774. The summed E-state index contributed by atoms with van der Waals surface area (Å²) in [6, 6.07) is 15.6. The summed E-state index contributed by atoms with van der Waals surface area (Å²) in [5, 5.41) is 9.24. The molecule has 4 nitrogen and oxygen atoms in total. The molecule has 2 aromatic rings. The van der Waals surface area contributed by atoms with Crippen LogP contribution >= 0.6 is 0 Å².